The van der Waals surface area contributed by atoms with Crippen molar-refractivity contribution in [3.8, 4) is 0 Å². The van der Waals surface area contributed by atoms with Crippen molar-refractivity contribution in [1.29, 1.82) is 0 Å². The van der Waals surface area contributed by atoms with Gasteiger partial charge in [0.05, 0.1) is 0 Å². The third-order valence-corrected chi connectivity index (χ3v) is 4.37. The molecule has 0 spiro atoms. The van der Waals surface area contributed by atoms with Gasteiger partial charge in [-0.05, 0) is 50.8 Å². The lowest BCUT2D eigenvalue weighted by molar-refractivity contribution is 0.213. The molecule has 3 heteroatoms. The van der Waals surface area contributed by atoms with Crippen molar-refractivity contribution in [1.82, 2.24) is 10.2 Å². The van der Waals surface area contributed by atoms with E-state index in [1.54, 1.807) is 0 Å². The third kappa shape index (κ3) is 3.14. The Balaban J connectivity index is 1.72. The van der Waals surface area contributed by atoms with Crippen molar-refractivity contribution in [2.24, 2.45) is 0 Å². The molecule has 0 amide bonds. The molecule has 1 N–H and O–H groups in total. The first-order chi connectivity index (χ1) is 6.84. The quantitative estimate of drug-likeness (QED) is 0.751. The maximum absolute atomic E-state index is 3.83. The summed E-state index contributed by atoms with van der Waals surface area (Å²) in [4.78, 5) is 2.46. The fourth-order valence-corrected chi connectivity index (χ4v) is 3.61. The molecule has 0 aromatic rings. The monoisotopic (exact) mass is 214 g/mol. The molecule has 0 aromatic carbocycles. The summed E-state index contributed by atoms with van der Waals surface area (Å²) in [5.74, 6) is 2.72. The first-order valence-electron chi connectivity index (χ1n) is 5.87. The van der Waals surface area contributed by atoms with Crippen LogP contribution in [0.15, 0.2) is 0 Å². The highest BCUT2D eigenvalue weighted by Gasteiger charge is 2.21. The van der Waals surface area contributed by atoms with Gasteiger partial charge in [0.1, 0.15) is 0 Å². The van der Waals surface area contributed by atoms with Crippen LogP contribution in [0.25, 0.3) is 0 Å². The smallest absolute Gasteiger partial charge is 0.0197 e. The van der Waals surface area contributed by atoms with Crippen LogP contribution in [0.4, 0.5) is 0 Å². The largest absolute Gasteiger partial charge is 0.310 e. The van der Waals surface area contributed by atoms with E-state index in [-0.39, 0.29) is 0 Å². The van der Waals surface area contributed by atoms with Gasteiger partial charge in [-0.1, -0.05) is 0 Å². The summed E-state index contributed by atoms with van der Waals surface area (Å²) >= 11 is 2.11. The first kappa shape index (κ1) is 10.8. The number of likely N-dealkylation sites (N-methyl/N-ethyl adjacent to an activating group) is 1. The number of piperidine rings is 1. The van der Waals surface area contributed by atoms with Gasteiger partial charge in [-0.25, -0.2) is 0 Å². The average molecular weight is 214 g/mol. The minimum absolute atomic E-state index is 0.766. The van der Waals surface area contributed by atoms with E-state index in [4.69, 9.17) is 0 Å². The predicted octanol–water partition coefficient (Wildman–Crippen LogP) is 1.57. The number of hydrogen-bond donors (Lipinski definition) is 1. The zero-order chi connectivity index (χ0) is 9.80. The number of thioether (sulfide) groups is 1. The Morgan fingerprint density at radius 3 is 2.64 bits per heavy atom. The summed E-state index contributed by atoms with van der Waals surface area (Å²) in [7, 11) is 2.24. The molecule has 2 heterocycles. The van der Waals surface area contributed by atoms with Gasteiger partial charge in [-0.15, -0.1) is 0 Å². The van der Waals surface area contributed by atoms with Gasteiger partial charge in [-0.3, -0.25) is 0 Å². The van der Waals surface area contributed by atoms with E-state index in [0.29, 0.717) is 0 Å². The SMILES string of the molecule is CN1CCCC(NC2CCSCC2)C1. The fraction of sp³-hybridized carbons (Fsp3) is 1.00. The average Bonchev–Trinajstić information content (AvgIpc) is 2.19. The Bertz CT molecular complexity index is 169. The van der Waals surface area contributed by atoms with Crippen molar-refractivity contribution in [3.05, 3.63) is 0 Å². The van der Waals surface area contributed by atoms with Crippen molar-refractivity contribution >= 4 is 11.8 Å². The molecule has 0 saturated carbocycles. The molecule has 14 heavy (non-hydrogen) atoms. The third-order valence-electron chi connectivity index (χ3n) is 3.32. The second-order valence-corrected chi connectivity index (χ2v) is 5.88. The summed E-state index contributed by atoms with van der Waals surface area (Å²) in [6.07, 6.45) is 5.51. The Labute approximate surface area is 91.8 Å². The molecule has 0 aromatic heterocycles. The van der Waals surface area contributed by atoms with E-state index in [1.807, 2.05) is 0 Å². The maximum atomic E-state index is 3.83. The molecule has 2 fully saturated rings. The minimum atomic E-state index is 0.766. The van der Waals surface area contributed by atoms with Crippen molar-refractivity contribution < 1.29 is 0 Å². The Kier molecular flexibility index (Phi) is 4.14. The molecule has 2 saturated heterocycles. The van der Waals surface area contributed by atoms with Gasteiger partial charge in [0, 0.05) is 18.6 Å². The molecule has 0 radical (unpaired) electrons. The fourth-order valence-electron chi connectivity index (χ4n) is 2.50. The summed E-state index contributed by atoms with van der Waals surface area (Å²) in [6, 6.07) is 1.58. The Morgan fingerprint density at radius 1 is 1.14 bits per heavy atom. The van der Waals surface area contributed by atoms with Gasteiger partial charge in [0.25, 0.3) is 0 Å². The van der Waals surface area contributed by atoms with Crippen LogP contribution in [0.5, 0.6) is 0 Å². The second kappa shape index (κ2) is 5.38. The topological polar surface area (TPSA) is 15.3 Å². The van der Waals surface area contributed by atoms with Crippen molar-refractivity contribution in [2.45, 2.75) is 37.8 Å². The lowest BCUT2D eigenvalue weighted by Gasteiger charge is -2.34. The van der Waals surface area contributed by atoms with Gasteiger partial charge in [0.15, 0.2) is 0 Å². The van der Waals surface area contributed by atoms with Crippen LogP contribution < -0.4 is 5.32 Å². The predicted molar refractivity (Wildman–Crippen MR) is 64.0 cm³/mol. The van der Waals surface area contributed by atoms with Crippen LogP contribution in [-0.4, -0.2) is 48.6 Å². The summed E-state index contributed by atoms with van der Waals surface area (Å²) in [5, 5.41) is 3.83. The highest BCUT2D eigenvalue weighted by Crippen LogP contribution is 2.18. The van der Waals surface area contributed by atoms with Gasteiger partial charge in [0.2, 0.25) is 0 Å². The van der Waals surface area contributed by atoms with Crippen LogP contribution >= 0.6 is 11.8 Å². The van der Waals surface area contributed by atoms with Crippen molar-refractivity contribution in [2.75, 3.05) is 31.6 Å². The molecule has 0 aliphatic carbocycles. The molecule has 2 nitrogen and oxygen atoms in total. The van der Waals surface area contributed by atoms with Gasteiger partial charge in [-0.2, -0.15) is 11.8 Å². The van der Waals surface area contributed by atoms with Crippen LogP contribution in [0, 0.1) is 0 Å². The maximum Gasteiger partial charge on any atom is 0.0197 e. The van der Waals surface area contributed by atoms with E-state index in [0.717, 1.165) is 12.1 Å². The minimum Gasteiger partial charge on any atom is -0.310 e. The Hall–Kier alpha value is 0.270. The van der Waals surface area contributed by atoms with E-state index in [1.165, 1.54) is 50.3 Å². The van der Waals surface area contributed by atoms with E-state index < -0.39 is 0 Å². The highest BCUT2D eigenvalue weighted by molar-refractivity contribution is 7.99. The van der Waals surface area contributed by atoms with Crippen molar-refractivity contribution in [3.63, 3.8) is 0 Å². The van der Waals surface area contributed by atoms with Gasteiger partial charge < -0.3 is 10.2 Å². The number of nitrogens with one attached hydrogen (secondary N) is 1. The standard InChI is InChI=1S/C11H22N2S/c1-13-6-2-3-11(9-13)12-10-4-7-14-8-5-10/h10-12H,2-9H2,1H3. The van der Waals surface area contributed by atoms with E-state index in [2.05, 4.69) is 29.0 Å². The number of rotatable bonds is 2. The first-order valence-corrected chi connectivity index (χ1v) is 7.02. The molecule has 1 atom stereocenters. The number of hydrogen-bond acceptors (Lipinski definition) is 3. The summed E-state index contributed by atoms with van der Waals surface area (Å²) in [5.41, 5.74) is 0. The molecule has 2 aliphatic rings. The van der Waals surface area contributed by atoms with E-state index in [9.17, 15) is 0 Å². The number of likely N-dealkylation sites (tertiary alicyclic amines) is 1. The zero-order valence-electron chi connectivity index (χ0n) is 9.17. The van der Waals surface area contributed by atoms with E-state index >= 15 is 0 Å². The molecule has 1 unspecified atom stereocenters. The second-order valence-electron chi connectivity index (χ2n) is 4.65. The molecule has 2 aliphatic heterocycles. The normalized spacial score (nSPS) is 31.9. The van der Waals surface area contributed by atoms with Crippen LogP contribution in [0.2, 0.25) is 0 Å². The molecule has 0 bridgehead atoms. The Morgan fingerprint density at radius 2 is 1.93 bits per heavy atom. The van der Waals surface area contributed by atoms with Crippen LogP contribution in [-0.2, 0) is 0 Å². The van der Waals surface area contributed by atoms with Gasteiger partial charge >= 0.3 is 0 Å². The highest BCUT2D eigenvalue weighted by atomic mass is 32.2. The molecule has 2 rings (SSSR count). The lowest BCUT2D eigenvalue weighted by Crippen LogP contribution is -2.48. The molecular weight excluding hydrogens is 192 g/mol. The molecular formula is C11H22N2S. The summed E-state index contributed by atoms with van der Waals surface area (Å²) in [6.45, 7) is 2.54. The number of nitrogens with zero attached hydrogens (tertiary/aromatic N) is 1. The lowest BCUT2D eigenvalue weighted by atomic mass is 10.0. The molecule has 82 valence electrons. The summed E-state index contributed by atoms with van der Waals surface area (Å²) < 4.78 is 0. The van der Waals surface area contributed by atoms with Crippen LogP contribution in [0.3, 0.4) is 0 Å². The zero-order valence-corrected chi connectivity index (χ0v) is 9.98. The van der Waals surface area contributed by atoms with Crippen LogP contribution in [0.1, 0.15) is 25.7 Å².